The molecule has 2 rings (SSSR count). The maximum Gasteiger partial charge on any atom is 0.188 e. The summed E-state index contributed by atoms with van der Waals surface area (Å²) < 4.78 is 32.1. The van der Waals surface area contributed by atoms with Crippen LogP contribution in [0.2, 0.25) is 0 Å². The molecule has 1 radical (unpaired) electrons. The van der Waals surface area contributed by atoms with Crippen LogP contribution in [0.25, 0.3) is 5.70 Å². The Morgan fingerprint density at radius 1 is 1.30 bits per heavy atom. The van der Waals surface area contributed by atoms with Gasteiger partial charge in [-0.05, 0) is 12.6 Å². The Kier molecular flexibility index (Phi) is 6.09. The number of rotatable bonds is 3. The Labute approximate surface area is 142 Å². The van der Waals surface area contributed by atoms with Crippen LogP contribution in [-0.4, -0.2) is 18.6 Å². The van der Waals surface area contributed by atoms with E-state index in [1.165, 1.54) is 19.2 Å². The normalized spacial score (nSPS) is 13.9. The Bertz CT molecular complexity index is 558. The van der Waals surface area contributed by atoms with E-state index in [2.05, 4.69) is 17.4 Å². The number of benzene rings is 1. The zero-order valence-corrected chi connectivity index (χ0v) is 14.3. The van der Waals surface area contributed by atoms with Crippen LogP contribution in [0.15, 0.2) is 36.6 Å². The van der Waals surface area contributed by atoms with Gasteiger partial charge in [0.25, 0.3) is 0 Å². The molecule has 0 unspecified atom stereocenters. The van der Waals surface area contributed by atoms with Crippen LogP contribution in [0.5, 0.6) is 5.75 Å². The molecule has 103 valence electrons. The number of allylic oxidation sites excluding steroid dienone is 3. The van der Waals surface area contributed by atoms with Gasteiger partial charge in [-0.15, -0.1) is 6.08 Å². The van der Waals surface area contributed by atoms with Gasteiger partial charge >= 0.3 is 0 Å². The van der Waals surface area contributed by atoms with Gasteiger partial charge in [-0.25, -0.2) is 8.78 Å². The quantitative estimate of drug-likeness (QED) is 0.773. The fourth-order valence-corrected chi connectivity index (χ4v) is 2.02. The van der Waals surface area contributed by atoms with E-state index in [1.807, 2.05) is 11.8 Å². The Hall–Kier alpha value is -0.996. The van der Waals surface area contributed by atoms with Gasteiger partial charge in [0.15, 0.2) is 17.4 Å². The van der Waals surface area contributed by atoms with Crippen molar-refractivity contribution in [2.75, 3.05) is 13.7 Å². The molecule has 0 amide bonds. The third kappa shape index (κ3) is 3.18. The number of methoxy groups -OCH3 is 1. The van der Waals surface area contributed by atoms with Crippen molar-refractivity contribution in [2.45, 2.75) is 6.92 Å². The van der Waals surface area contributed by atoms with Crippen LogP contribution in [-0.2, 0) is 32.7 Å². The van der Waals surface area contributed by atoms with Crippen molar-refractivity contribution in [1.82, 2.24) is 4.90 Å². The van der Waals surface area contributed by atoms with Crippen molar-refractivity contribution in [3.63, 3.8) is 0 Å². The number of nitrogens with zero attached hydrogens (tertiary/aromatic N) is 1. The second-order valence-electron chi connectivity index (χ2n) is 4.04. The van der Waals surface area contributed by atoms with E-state index in [4.69, 9.17) is 0 Å². The van der Waals surface area contributed by atoms with E-state index < -0.39 is 11.6 Å². The molecule has 1 aliphatic rings. The number of hydrogen-bond acceptors (Lipinski definition) is 2. The molecular formula is C15H14F2NOY-. The van der Waals surface area contributed by atoms with Crippen molar-refractivity contribution in [3.05, 3.63) is 59.8 Å². The van der Waals surface area contributed by atoms with Crippen molar-refractivity contribution < 1.29 is 46.2 Å². The van der Waals surface area contributed by atoms with Crippen LogP contribution in [0.1, 0.15) is 12.5 Å². The van der Waals surface area contributed by atoms with Crippen molar-refractivity contribution in [3.8, 4) is 5.75 Å². The minimum Gasteiger partial charge on any atom is -0.491 e. The molecule has 0 saturated heterocycles. The summed E-state index contributed by atoms with van der Waals surface area (Å²) in [5.74, 6) is -1.84. The predicted molar refractivity (Wildman–Crippen MR) is 70.2 cm³/mol. The summed E-state index contributed by atoms with van der Waals surface area (Å²) in [6.07, 6.45) is 6.47. The van der Waals surface area contributed by atoms with E-state index in [0.717, 1.165) is 5.70 Å². The molecule has 0 aromatic heterocycles. The summed E-state index contributed by atoms with van der Waals surface area (Å²) >= 11 is 0. The number of halogens is 2. The first-order chi connectivity index (χ1) is 9.08. The van der Waals surface area contributed by atoms with Gasteiger partial charge in [-0.2, -0.15) is 12.2 Å². The van der Waals surface area contributed by atoms with Crippen LogP contribution in [0.4, 0.5) is 8.78 Å². The maximum absolute atomic E-state index is 13.7. The first-order valence-corrected chi connectivity index (χ1v) is 5.88. The molecule has 0 atom stereocenters. The SMILES string of the molecule is C=C1C=C[C-]=C(c2cc(F)c(OC)c(F)c2)N1CC.[Y]. The van der Waals surface area contributed by atoms with Gasteiger partial charge in [0, 0.05) is 39.3 Å². The molecule has 0 bridgehead atoms. The van der Waals surface area contributed by atoms with Gasteiger partial charge in [-0.3, -0.25) is 0 Å². The summed E-state index contributed by atoms with van der Waals surface area (Å²) in [5, 5.41) is 0. The number of ether oxygens (including phenoxy) is 1. The zero-order chi connectivity index (χ0) is 14.0. The minimum absolute atomic E-state index is 0. The van der Waals surface area contributed by atoms with Crippen molar-refractivity contribution in [2.24, 2.45) is 0 Å². The van der Waals surface area contributed by atoms with Crippen LogP contribution in [0.3, 0.4) is 0 Å². The van der Waals surface area contributed by atoms with Gasteiger partial charge in [-0.1, -0.05) is 30.0 Å². The Morgan fingerprint density at radius 2 is 1.90 bits per heavy atom. The topological polar surface area (TPSA) is 12.5 Å². The van der Waals surface area contributed by atoms with E-state index in [0.29, 0.717) is 17.8 Å². The summed E-state index contributed by atoms with van der Waals surface area (Å²) in [7, 11) is 1.23. The molecule has 1 heterocycles. The molecule has 5 heteroatoms. The van der Waals surface area contributed by atoms with Gasteiger partial charge in [0.1, 0.15) is 0 Å². The van der Waals surface area contributed by atoms with E-state index >= 15 is 0 Å². The van der Waals surface area contributed by atoms with Crippen LogP contribution < -0.4 is 4.74 Å². The molecule has 1 aromatic carbocycles. The maximum atomic E-state index is 13.7. The molecule has 0 fully saturated rings. The summed E-state index contributed by atoms with van der Waals surface area (Å²) in [6.45, 7) is 6.46. The Morgan fingerprint density at radius 3 is 2.40 bits per heavy atom. The third-order valence-electron chi connectivity index (χ3n) is 2.90. The molecule has 20 heavy (non-hydrogen) atoms. The molecule has 0 spiro atoms. The van der Waals surface area contributed by atoms with Crippen LogP contribution >= 0.6 is 0 Å². The fourth-order valence-electron chi connectivity index (χ4n) is 2.02. The molecule has 0 aliphatic carbocycles. The van der Waals surface area contributed by atoms with Crippen molar-refractivity contribution in [1.29, 1.82) is 0 Å². The monoisotopic (exact) mass is 351 g/mol. The first kappa shape index (κ1) is 17.1. The average Bonchev–Trinajstić information content (AvgIpc) is 2.38. The molecule has 0 N–H and O–H groups in total. The largest absolute Gasteiger partial charge is 0.491 e. The first-order valence-electron chi connectivity index (χ1n) is 5.88. The van der Waals surface area contributed by atoms with Crippen molar-refractivity contribution >= 4 is 5.70 Å². The Balaban J connectivity index is 0.00000200. The zero-order valence-electron chi connectivity index (χ0n) is 11.4. The number of hydrogen-bond donors (Lipinski definition) is 0. The molecule has 0 saturated carbocycles. The summed E-state index contributed by atoms with van der Waals surface area (Å²) in [5.41, 5.74) is 1.76. The van der Waals surface area contributed by atoms with E-state index in [1.54, 1.807) is 12.2 Å². The van der Waals surface area contributed by atoms with E-state index in [-0.39, 0.29) is 38.5 Å². The van der Waals surface area contributed by atoms with Crippen LogP contribution in [0, 0.1) is 17.7 Å². The molecule has 1 aromatic rings. The second kappa shape index (κ2) is 7.14. The van der Waals surface area contributed by atoms with Gasteiger partial charge in [0.2, 0.25) is 0 Å². The number of likely N-dealkylation sites (N-methyl/N-ethyl adjacent to an activating group) is 1. The second-order valence-corrected chi connectivity index (χ2v) is 4.04. The van der Waals surface area contributed by atoms with E-state index in [9.17, 15) is 8.78 Å². The predicted octanol–water partition coefficient (Wildman–Crippen LogP) is 3.52. The standard InChI is InChI=1S/C15H14F2NO.Y/c1-4-18-10(2)6-5-7-14(18)11-8-12(16)15(19-3)13(17)9-11;/h5-6,8-9H,2,4H2,1,3H3;/q-1;. The smallest absolute Gasteiger partial charge is 0.188 e. The van der Waals surface area contributed by atoms with Gasteiger partial charge < -0.3 is 9.64 Å². The fraction of sp³-hybridized carbons (Fsp3) is 0.200. The van der Waals surface area contributed by atoms with Gasteiger partial charge in [0.05, 0.1) is 7.11 Å². The molecule has 2 nitrogen and oxygen atoms in total. The molecular weight excluding hydrogens is 337 g/mol. The average molecular weight is 351 g/mol. The molecule has 1 aliphatic heterocycles. The summed E-state index contributed by atoms with van der Waals surface area (Å²) in [6, 6.07) is 2.47. The summed E-state index contributed by atoms with van der Waals surface area (Å²) in [4.78, 5) is 1.83. The minimum atomic E-state index is -0.733. The third-order valence-corrected chi connectivity index (χ3v) is 2.90.